The van der Waals surface area contributed by atoms with Crippen molar-refractivity contribution < 1.29 is 4.79 Å². The molecule has 0 spiro atoms. The molecule has 1 heterocycles. The second-order valence-electron chi connectivity index (χ2n) is 6.24. The highest BCUT2D eigenvalue weighted by Gasteiger charge is 2.14. The second-order valence-corrected chi connectivity index (χ2v) is 6.67. The monoisotopic (exact) mass is 343 g/mol. The smallest absolute Gasteiger partial charge is 0.255 e. The number of benzene rings is 2. The number of carbonyl (C=O) groups is 1. The van der Waals surface area contributed by atoms with Gasteiger partial charge in [0.15, 0.2) is 0 Å². The Kier molecular flexibility index (Phi) is 5.51. The number of amides is 1. The van der Waals surface area contributed by atoms with Crippen LogP contribution in [0.25, 0.3) is 0 Å². The predicted octanol–water partition coefficient (Wildman–Crippen LogP) is 3.34. The molecule has 1 aliphatic heterocycles. The molecule has 24 heavy (non-hydrogen) atoms. The van der Waals surface area contributed by atoms with E-state index in [2.05, 4.69) is 22.2 Å². The number of nitrogens with one attached hydrogen (secondary N) is 1. The van der Waals surface area contributed by atoms with Crippen molar-refractivity contribution in [3.63, 3.8) is 0 Å². The lowest BCUT2D eigenvalue weighted by Crippen LogP contribution is -2.43. The van der Waals surface area contributed by atoms with Crippen molar-refractivity contribution in [2.75, 3.05) is 38.5 Å². The standard InChI is InChI=1S/C19H22ClN3O/c1-22-10-12-23(13-11-22)14-15-2-4-16(5-3-15)19(24)21-18-8-6-17(20)7-9-18/h2-9H,10-14H2,1H3,(H,21,24). The molecule has 0 atom stereocenters. The van der Waals surface area contributed by atoms with E-state index in [9.17, 15) is 4.79 Å². The molecule has 1 amide bonds. The highest BCUT2D eigenvalue weighted by molar-refractivity contribution is 6.30. The largest absolute Gasteiger partial charge is 0.322 e. The molecule has 0 aliphatic carbocycles. The zero-order chi connectivity index (χ0) is 16.9. The Balaban J connectivity index is 1.57. The molecule has 5 heteroatoms. The minimum Gasteiger partial charge on any atom is -0.322 e. The number of rotatable bonds is 4. The Hall–Kier alpha value is -1.88. The summed E-state index contributed by atoms with van der Waals surface area (Å²) in [5, 5.41) is 3.53. The van der Waals surface area contributed by atoms with E-state index in [1.165, 1.54) is 5.56 Å². The number of likely N-dealkylation sites (N-methyl/N-ethyl adjacent to an activating group) is 1. The number of piperazine rings is 1. The van der Waals surface area contributed by atoms with E-state index >= 15 is 0 Å². The fraction of sp³-hybridized carbons (Fsp3) is 0.316. The van der Waals surface area contributed by atoms with Gasteiger partial charge in [-0.2, -0.15) is 0 Å². The van der Waals surface area contributed by atoms with Gasteiger partial charge in [0.25, 0.3) is 5.91 Å². The highest BCUT2D eigenvalue weighted by Crippen LogP contribution is 2.15. The third kappa shape index (κ3) is 4.57. The molecule has 0 unspecified atom stereocenters. The summed E-state index contributed by atoms with van der Waals surface area (Å²) in [5.74, 6) is -0.108. The van der Waals surface area contributed by atoms with Crippen molar-refractivity contribution >= 4 is 23.2 Å². The fourth-order valence-corrected chi connectivity index (χ4v) is 2.89. The van der Waals surface area contributed by atoms with Crippen LogP contribution in [0.3, 0.4) is 0 Å². The number of nitrogens with zero attached hydrogens (tertiary/aromatic N) is 2. The lowest BCUT2D eigenvalue weighted by atomic mass is 10.1. The van der Waals surface area contributed by atoms with Crippen LogP contribution >= 0.6 is 11.6 Å². The first-order valence-corrected chi connectivity index (χ1v) is 8.55. The van der Waals surface area contributed by atoms with Gasteiger partial charge < -0.3 is 10.2 Å². The number of halogens is 1. The van der Waals surface area contributed by atoms with Crippen molar-refractivity contribution in [1.29, 1.82) is 0 Å². The van der Waals surface area contributed by atoms with E-state index < -0.39 is 0 Å². The third-order valence-corrected chi connectivity index (χ3v) is 4.57. The maximum Gasteiger partial charge on any atom is 0.255 e. The van der Waals surface area contributed by atoms with Gasteiger partial charge in [0.05, 0.1) is 0 Å². The molecule has 2 aromatic carbocycles. The van der Waals surface area contributed by atoms with Crippen molar-refractivity contribution in [2.24, 2.45) is 0 Å². The van der Waals surface area contributed by atoms with Crippen LogP contribution < -0.4 is 5.32 Å². The second kappa shape index (κ2) is 7.79. The minimum atomic E-state index is -0.108. The summed E-state index contributed by atoms with van der Waals surface area (Å²) in [6.07, 6.45) is 0. The van der Waals surface area contributed by atoms with Crippen LogP contribution in [0.2, 0.25) is 5.02 Å². The lowest BCUT2D eigenvalue weighted by Gasteiger charge is -2.32. The van der Waals surface area contributed by atoms with Crippen LogP contribution in [-0.2, 0) is 6.54 Å². The summed E-state index contributed by atoms with van der Waals surface area (Å²) >= 11 is 5.85. The first-order chi connectivity index (χ1) is 11.6. The van der Waals surface area contributed by atoms with E-state index in [4.69, 9.17) is 11.6 Å². The maximum absolute atomic E-state index is 12.3. The molecule has 1 fully saturated rings. The Morgan fingerprint density at radius 3 is 2.25 bits per heavy atom. The zero-order valence-corrected chi connectivity index (χ0v) is 14.6. The average Bonchev–Trinajstić information content (AvgIpc) is 2.59. The van der Waals surface area contributed by atoms with Crippen LogP contribution in [-0.4, -0.2) is 48.9 Å². The summed E-state index contributed by atoms with van der Waals surface area (Å²) < 4.78 is 0. The average molecular weight is 344 g/mol. The predicted molar refractivity (Wildman–Crippen MR) is 98.6 cm³/mol. The van der Waals surface area contributed by atoms with Gasteiger partial charge in [0, 0.05) is 49.0 Å². The highest BCUT2D eigenvalue weighted by atomic mass is 35.5. The normalized spacial score (nSPS) is 16.1. The Morgan fingerprint density at radius 2 is 1.62 bits per heavy atom. The van der Waals surface area contributed by atoms with Crippen molar-refractivity contribution in [1.82, 2.24) is 9.80 Å². The Morgan fingerprint density at radius 1 is 1.00 bits per heavy atom. The van der Waals surface area contributed by atoms with Crippen LogP contribution in [0.1, 0.15) is 15.9 Å². The van der Waals surface area contributed by atoms with E-state index in [1.54, 1.807) is 24.3 Å². The minimum absolute atomic E-state index is 0.108. The van der Waals surface area contributed by atoms with E-state index in [-0.39, 0.29) is 5.91 Å². The number of carbonyl (C=O) groups excluding carboxylic acids is 1. The van der Waals surface area contributed by atoms with Crippen molar-refractivity contribution in [3.05, 3.63) is 64.7 Å². The molecule has 3 rings (SSSR count). The molecule has 1 N–H and O–H groups in total. The van der Waals surface area contributed by atoms with Gasteiger partial charge in [-0.25, -0.2) is 0 Å². The van der Waals surface area contributed by atoms with E-state index in [0.717, 1.165) is 38.4 Å². The first kappa shape index (κ1) is 17.0. The number of hydrogen-bond acceptors (Lipinski definition) is 3. The molecule has 0 bridgehead atoms. The molecular weight excluding hydrogens is 322 g/mol. The van der Waals surface area contributed by atoms with Gasteiger partial charge >= 0.3 is 0 Å². The molecule has 126 valence electrons. The van der Waals surface area contributed by atoms with Gasteiger partial charge in [0.2, 0.25) is 0 Å². The number of anilines is 1. The SMILES string of the molecule is CN1CCN(Cc2ccc(C(=O)Nc3ccc(Cl)cc3)cc2)CC1. The molecule has 1 aliphatic rings. The molecular formula is C19H22ClN3O. The topological polar surface area (TPSA) is 35.6 Å². The maximum atomic E-state index is 12.3. The van der Waals surface area contributed by atoms with Crippen LogP contribution in [0, 0.1) is 0 Å². The zero-order valence-electron chi connectivity index (χ0n) is 13.8. The number of hydrogen-bond donors (Lipinski definition) is 1. The van der Waals surface area contributed by atoms with Crippen LogP contribution in [0.4, 0.5) is 5.69 Å². The van der Waals surface area contributed by atoms with Gasteiger partial charge in [-0.3, -0.25) is 9.69 Å². The Bertz CT molecular complexity index is 677. The van der Waals surface area contributed by atoms with Gasteiger partial charge in [-0.05, 0) is 49.0 Å². The van der Waals surface area contributed by atoms with E-state index in [0.29, 0.717) is 10.6 Å². The third-order valence-electron chi connectivity index (χ3n) is 4.32. The van der Waals surface area contributed by atoms with Crippen molar-refractivity contribution in [3.8, 4) is 0 Å². The molecule has 4 nitrogen and oxygen atoms in total. The van der Waals surface area contributed by atoms with Gasteiger partial charge in [-0.1, -0.05) is 23.7 Å². The summed E-state index contributed by atoms with van der Waals surface area (Å²) in [5.41, 5.74) is 2.64. The lowest BCUT2D eigenvalue weighted by molar-refractivity contribution is 0.102. The molecule has 0 saturated carbocycles. The first-order valence-electron chi connectivity index (χ1n) is 8.17. The molecule has 0 radical (unpaired) electrons. The van der Waals surface area contributed by atoms with Crippen LogP contribution in [0.5, 0.6) is 0 Å². The summed E-state index contributed by atoms with van der Waals surface area (Å²) in [7, 11) is 2.16. The molecule has 1 saturated heterocycles. The summed E-state index contributed by atoms with van der Waals surface area (Å²) in [6, 6.07) is 15.0. The molecule has 0 aromatic heterocycles. The van der Waals surface area contributed by atoms with Gasteiger partial charge in [-0.15, -0.1) is 0 Å². The summed E-state index contributed by atoms with van der Waals surface area (Å²) in [4.78, 5) is 17.1. The summed E-state index contributed by atoms with van der Waals surface area (Å²) in [6.45, 7) is 5.35. The quantitative estimate of drug-likeness (QED) is 0.924. The molecule has 2 aromatic rings. The van der Waals surface area contributed by atoms with Gasteiger partial charge in [0.1, 0.15) is 0 Å². The van der Waals surface area contributed by atoms with Crippen LogP contribution in [0.15, 0.2) is 48.5 Å². The van der Waals surface area contributed by atoms with Crippen molar-refractivity contribution in [2.45, 2.75) is 6.54 Å². The Labute approximate surface area is 148 Å². The van der Waals surface area contributed by atoms with E-state index in [1.807, 2.05) is 24.3 Å². The fourth-order valence-electron chi connectivity index (χ4n) is 2.76.